The molecule has 0 saturated heterocycles. The Hall–Kier alpha value is -2.54. The number of hydrogen-bond donors (Lipinski definition) is 2. The Morgan fingerprint density at radius 3 is 2.27 bits per heavy atom. The fourth-order valence-electron chi connectivity index (χ4n) is 2.96. The van der Waals surface area contributed by atoms with Crippen molar-refractivity contribution in [3.05, 3.63) is 87.4 Å². The number of amides is 2. The fourth-order valence-corrected chi connectivity index (χ4v) is 5.00. The molecule has 30 heavy (non-hydrogen) atoms. The van der Waals surface area contributed by atoms with Gasteiger partial charge in [0, 0.05) is 10.7 Å². The molecular weight excluding hydrogens is 443 g/mol. The molecule has 0 bridgehead atoms. The number of benzene rings is 3. The molecule has 2 N–H and O–H groups in total. The van der Waals surface area contributed by atoms with Gasteiger partial charge in [0.05, 0.1) is 21.4 Å². The van der Waals surface area contributed by atoms with Crippen LogP contribution in [-0.2, 0) is 15.6 Å². The van der Waals surface area contributed by atoms with Crippen LogP contribution in [0.1, 0.15) is 16.7 Å². The second-order valence-electron chi connectivity index (χ2n) is 6.88. The predicted molar refractivity (Wildman–Crippen MR) is 122 cm³/mol. The van der Waals surface area contributed by atoms with E-state index < -0.39 is 15.9 Å². The standard InChI is InChI=1S/C22H20Cl2N2O3S/c1-14-6-11-18(25-22(27)26-21-15(2)4-3-5-19(21)24)12-20(14)30(28,29)13-16-7-9-17(23)10-8-16/h3-12H,13H2,1-2H3,(H2,25,26,27). The summed E-state index contributed by atoms with van der Waals surface area (Å²) in [5.41, 5.74) is 2.89. The van der Waals surface area contributed by atoms with Gasteiger partial charge in [-0.25, -0.2) is 13.2 Å². The van der Waals surface area contributed by atoms with Gasteiger partial charge in [-0.3, -0.25) is 0 Å². The second-order valence-corrected chi connectivity index (χ2v) is 9.68. The zero-order chi connectivity index (χ0) is 21.9. The largest absolute Gasteiger partial charge is 0.323 e. The average molecular weight is 463 g/mol. The average Bonchev–Trinajstić information content (AvgIpc) is 2.68. The van der Waals surface area contributed by atoms with Gasteiger partial charge in [0.25, 0.3) is 0 Å². The number of anilines is 2. The monoisotopic (exact) mass is 462 g/mol. The van der Waals surface area contributed by atoms with Crippen molar-refractivity contribution in [3.8, 4) is 0 Å². The molecule has 3 aromatic rings. The van der Waals surface area contributed by atoms with E-state index in [4.69, 9.17) is 23.2 Å². The van der Waals surface area contributed by atoms with Crippen molar-refractivity contribution in [3.63, 3.8) is 0 Å². The van der Waals surface area contributed by atoms with E-state index in [1.54, 1.807) is 55.5 Å². The first-order valence-corrected chi connectivity index (χ1v) is 11.5. The Labute approximate surface area is 185 Å². The van der Waals surface area contributed by atoms with E-state index >= 15 is 0 Å². The lowest BCUT2D eigenvalue weighted by atomic mass is 10.2. The van der Waals surface area contributed by atoms with E-state index in [2.05, 4.69) is 10.6 Å². The Morgan fingerprint density at radius 1 is 0.900 bits per heavy atom. The van der Waals surface area contributed by atoms with E-state index in [9.17, 15) is 13.2 Å². The summed E-state index contributed by atoms with van der Waals surface area (Å²) >= 11 is 12.0. The lowest BCUT2D eigenvalue weighted by molar-refractivity contribution is 0.262. The van der Waals surface area contributed by atoms with Crippen LogP contribution in [0.15, 0.2) is 65.6 Å². The zero-order valence-corrected chi connectivity index (χ0v) is 18.7. The minimum absolute atomic E-state index is 0.157. The maximum atomic E-state index is 12.9. The summed E-state index contributed by atoms with van der Waals surface area (Å²) in [6.07, 6.45) is 0. The van der Waals surface area contributed by atoms with Crippen molar-refractivity contribution in [1.82, 2.24) is 0 Å². The van der Waals surface area contributed by atoms with Crippen LogP contribution in [-0.4, -0.2) is 14.4 Å². The van der Waals surface area contributed by atoms with Crippen LogP contribution in [0, 0.1) is 13.8 Å². The van der Waals surface area contributed by atoms with Crippen LogP contribution < -0.4 is 10.6 Å². The van der Waals surface area contributed by atoms with Gasteiger partial charge in [0.1, 0.15) is 0 Å². The molecule has 0 aliphatic rings. The molecule has 0 spiro atoms. The normalized spacial score (nSPS) is 11.2. The van der Waals surface area contributed by atoms with Crippen molar-refractivity contribution in [2.24, 2.45) is 0 Å². The van der Waals surface area contributed by atoms with Gasteiger partial charge in [0.15, 0.2) is 9.84 Å². The molecule has 2 amide bonds. The molecule has 0 unspecified atom stereocenters. The minimum Gasteiger partial charge on any atom is -0.308 e. The predicted octanol–water partition coefficient (Wildman–Crippen LogP) is 6.23. The molecule has 0 atom stereocenters. The molecule has 0 saturated carbocycles. The molecule has 0 aliphatic carbocycles. The van der Waals surface area contributed by atoms with Crippen molar-refractivity contribution >= 4 is 50.4 Å². The van der Waals surface area contributed by atoms with Crippen molar-refractivity contribution in [1.29, 1.82) is 0 Å². The number of sulfone groups is 1. The number of nitrogens with one attached hydrogen (secondary N) is 2. The molecule has 0 fully saturated rings. The topological polar surface area (TPSA) is 75.3 Å². The van der Waals surface area contributed by atoms with Crippen LogP contribution in [0.25, 0.3) is 0 Å². The van der Waals surface area contributed by atoms with Crippen molar-refractivity contribution in [2.75, 3.05) is 10.6 Å². The SMILES string of the molecule is Cc1ccc(NC(=O)Nc2c(C)cccc2Cl)cc1S(=O)(=O)Cc1ccc(Cl)cc1. The first-order chi connectivity index (χ1) is 14.2. The highest BCUT2D eigenvalue weighted by Crippen LogP contribution is 2.27. The van der Waals surface area contributed by atoms with Crippen LogP contribution in [0.3, 0.4) is 0 Å². The molecule has 0 heterocycles. The van der Waals surface area contributed by atoms with Crippen LogP contribution >= 0.6 is 23.2 Å². The van der Waals surface area contributed by atoms with Crippen molar-refractivity contribution < 1.29 is 13.2 Å². The van der Waals surface area contributed by atoms with E-state index in [1.807, 2.05) is 13.0 Å². The summed E-state index contributed by atoms with van der Waals surface area (Å²) < 4.78 is 25.9. The third kappa shape index (κ3) is 5.33. The van der Waals surface area contributed by atoms with E-state index in [-0.39, 0.29) is 10.6 Å². The number of hydrogen-bond acceptors (Lipinski definition) is 3. The lowest BCUT2D eigenvalue weighted by Crippen LogP contribution is -2.20. The van der Waals surface area contributed by atoms with Gasteiger partial charge in [-0.05, 0) is 60.9 Å². The maximum Gasteiger partial charge on any atom is 0.323 e. The fraction of sp³-hybridized carbons (Fsp3) is 0.136. The quantitative estimate of drug-likeness (QED) is 0.471. The number of urea groups is 1. The Balaban J connectivity index is 1.80. The number of para-hydroxylation sites is 1. The number of rotatable bonds is 5. The van der Waals surface area contributed by atoms with Gasteiger partial charge in [0.2, 0.25) is 0 Å². The summed E-state index contributed by atoms with van der Waals surface area (Å²) in [4.78, 5) is 12.6. The Morgan fingerprint density at radius 2 is 1.60 bits per heavy atom. The first-order valence-electron chi connectivity index (χ1n) is 9.07. The number of carbonyl (C=O) groups excluding carboxylic acids is 1. The third-order valence-electron chi connectivity index (χ3n) is 4.51. The lowest BCUT2D eigenvalue weighted by Gasteiger charge is -2.13. The summed E-state index contributed by atoms with van der Waals surface area (Å²) in [6.45, 7) is 3.54. The second kappa shape index (κ2) is 9.08. The smallest absolute Gasteiger partial charge is 0.308 e. The molecule has 8 heteroatoms. The van der Waals surface area contributed by atoms with Crippen LogP contribution in [0.2, 0.25) is 10.0 Å². The molecule has 3 rings (SSSR count). The Kier molecular flexibility index (Phi) is 6.71. The highest BCUT2D eigenvalue weighted by atomic mass is 35.5. The maximum absolute atomic E-state index is 12.9. The van der Waals surface area contributed by atoms with Crippen molar-refractivity contribution in [2.45, 2.75) is 24.5 Å². The van der Waals surface area contributed by atoms with Gasteiger partial charge in [-0.1, -0.05) is 53.5 Å². The summed E-state index contributed by atoms with van der Waals surface area (Å²) in [6, 6.07) is 16.2. The van der Waals surface area contributed by atoms with E-state index in [0.717, 1.165) is 5.56 Å². The van der Waals surface area contributed by atoms with Gasteiger partial charge >= 0.3 is 6.03 Å². The summed E-state index contributed by atoms with van der Waals surface area (Å²) in [5, 5.41) is 6.32. The highest BCUT2D eigenvalue weighted by molar-refractivity contribution is 7.90. The Bertz CT molecular complexity index is 1170. The van der Waals surface area contributed by atoms with Gasteiger partial charge in [-0.2, -0.15) is 0 Å². The molecule has 0 aliphatic heterocycles. The van der Waals surface area contributed by atoms with Gasteiger partial charge < -0.3 is 10.6 Å². The molecular formula is C22H20Cl2N2O3S. The number of carbonyl (C=O) groups is 1. The molecule has 5 nitrogen and oxygen atoms in total. The summed E-state index contributed by atoms with van der Waals surface area (Å²) in [7, 11) is -3.62. The molecule has 0 aromatic heterocycles. The number of halogens is 2. The molecule has 0 radical (unpaired) electrons. The van der Waals surface area contributed by atoms with Gasteiger partial charge in [-0.15, -0.1) is 0 Å². The van der Waals surface area contributed by atoms with E-state index in [1.165, 1.54) is 6.07 Å². The summed E-state index contributed by atoms with van der Waals surface area (Å²) in [5.74, 6) is -0.167. The number of aryl methyl sites for hydroxylation is 2. The molecule has 156 valence electrons. The van der Waals surface area contributed by atoms with Crippen LogP contribution in [0.4, 0.5) is 16.2 Å². The van der Waals surface area contributed by atoms with Crippen LogP contribution in [0.5, 0.6) is 0 Å². The first kappa shape index (κ1) is 22.2. The minimum atomic E-state index is -3.62. The van der Waals surface area contributed by atoms with E-state index in [0.29, 0.717) is 32.5 Å². The molecule has 3 aromatic carbocycles. The highest BCUT2D eigenvalue weighted by Gasteiger charge is 2.19. The third-order valence-corrected chi connectivity index (χ3v) is 6.90. The zero-order valence-electron chi connectivity index (χ0n) is 16.4.